The number of anilines is 1. The molecule has 0 bridgehead atoms. The van der Waals surface area contributed by atoms with Gasteiger partial charge in [0.15, 0.2) is 0 Å². The molecule has 2 N–H and O–H groups in total. The number of hydrogen-bond donors (Lipinski definition) is 1. The van der Waals surface area contributed by atoms with Crippen LogP contribution in [0.1, 0.15) is 26.2 Å². The lowest BCUT2D eigenvalue weighted by molar-refractivity contribution is 0.619. The fourth-order valence-electron chi connectivity index (χ4n) is 1.87. The summed E-state index contributed by atoms with van der Waals surface area (Å²) >= 11 is 3.48. The Morgan fingerprint density at radius 1 is 1.38 bits per heavy atom. The number of nitrogen functional groups attached to an aromatic ring is 1. The number of hydrogen-bond acceptors (Lipinski definition) is 2. The third-order valence-corrected chi connectivity index (χ3v) is 3.22. The van der Waals surface area contributed by atoms with Gasteiger partial charge in [0.05, 0.1) is 11.0 Å². The van der Waals surface area contributed by atoms with Gasteiger partial charge in [0.1, 0.15) is 0 Å². The lowest BCUT2D eigenvalue weighted by Gasteiger charge is -2.05. The number of imidazole rings is 1. The zero-order valence-corrected chi connectivity index (χ0v) is 11.0. The molecule has 0 aliphatic heterocycles. The number of unbranched alkanes of at least 4 members (excludes halogenated alkanes) is 2. The Morgan fingerprint density at radius 3 is 2.94 bits per heavy atom. The van der Waals surface area contributed by atoms with Gasteiger partial charge in [-0.1, -0.05) is 35.7 Å². The minimum absolute atomic E-state index is 0.615. The minimum atomic E-state index is 0.615. The summed E-state index contributed by atoms with van der Waals surface area (Å²) in [7, 11) is 0. The maximum Gasteiger partial charge on any atom is 0.201 e. The Hall–Kier alpha value is -1.03. The highest BCUT2D eigenvalue weighted by Crippen LogP contribution is 2.22. The van der Waals surface area contributed by atoms with Gasteiger partial charge in [-0.3, -0.25) is 0 Å². The summed E-state index contributed by atoms with van der Waals surface area (Å²) in [4.78, 5) is 4.35. The molecule has 16 heavy (non-hydrogen) atoms. The summed E-state index contributed by atoms with van der Waals surface area (Å²) < 4.78 is 3.16. The van der Waals surface area contributed by atoms with Crippen LogP contribution in [-0.4, -0.2) is 9.55 Å². The third-order valence-electron chi connectivity index (χ3n) is 2.73. The fourth-order valence-corrected chi connectivity index (χ4v) is 2.22. The second-order valence-corrected chi connectivity index (χ2v) is 4.88. The van der Waals surface area contributed by atoms with Crippen molar-refractivity contribution in [2.45, 2.75) is 32.7 Å². The number of benzene rings is 1. The molecule has 2 rings (SSSR count). The van der Waals surface area contributed by atoms with Gasteiger partial charge in [0, 0.05) is 11.0 Å². The number of fused-ring (bicyclic) bond motifs is 1. The van der Waals surface area contributed by atoms with Gasteiger partial charge in [-0.05, 0) is 24.6 Å². The van der Waals surface area contributed by atoms with E-state index in [1.807, 2.05) is 12.1 Å². The molecule has 0 spiro atoms. The van der Waals surface area contributed by atoms with Crippen LogP contribution in [0.15, 0.2) is 22.7 Å². The highest BCUT2D eigenvalue weighted by Gasteiger charge is 2.07. The van der Waals surface area contributed by atoms with Gasteiger partial charge >= 0.3 is 0 Å². The molecule has 1 aromatic heterocycles. The fraction of sp³-hybridized carbons (Fsp3) is 0.417. The average Bonchev–Trinajstić information content (AvgIpc) is 2.56. The molecule has 0 fully saturated rings. The normalized spacial score (nSPS) is 11.1. The van der Waals surface area contributed by atoms with Crippen molar-refractivity contribution in [3.05, 3.63) is 22.7 Å². The lowest BCUT2D eigenvalue weighted by Crippen LogP contribution is -2.03. The first kappa shape index (κ1) is 11.5. The van der Waals surface area contributed by atoms with E-state index in [0.717, 1.165) is 28.5 Å². The monoisotopic (exact) mass is 281 g/mol. The summed E-state index contributed by atoms with van der Waals surface area (Å²) in [6.45, 7) is 3.15. The first-order valence-corrected chi connectivity index (χ1v) is 6.43. The van der Waals surface area contributed by atoms with Crippen molar-refractivity contribution in [2.75, 3.05) is 5.73 Å². The summed E-state index contributed by atoms with van der Waals surface area (Å²) in [6, 6.07) is 6.06. The van der Waals surface area contributed by atoms with Crippen LogP contribution in [0, 0.1) is 0 Å². The summed E-state index contributed by atoms with van der Waals surface area (Å²) in [5, 5.41) is 0. The maximum atomic E-state index is 5.92. The Balaban J connectivity index is 2.34. The van der Waals surface area contributed by atoms with Crippen LogP contribution in [0.5, 0.6) is 0 Å². The average molecular weight is 282 g/mol. The van der Waals surface area contributed by atoms with E-state index in [-0.39, 0.29) is 0 Å². The molecule has 0 atom stereocenters. The van der Waals surface area contributed by atoms with Crippen molar-refractivity contribution in [2.24, 2.45) is 0 Å². The predicted molar refractivity (Wildman–Crippen MR) is 71.4 cm³/mol. The molecular formula is C12H16BrN3. The molecule has 0 saturated carbocycles. The molecule has 0 radical (unpaired) electrons. The summed E-state index contributed by atoms with van der Waals surface area (Å²) in [5.74, 6) is 0.615. The molecule has 4 heteroatoms. The van der Waals surface area contributed by atoms with Crippen LogP contribution in [0.2, 0.25) is 0 Å². The SMILES string of the molecule is CCCCCn1c(N)nc2ccc(Br)cc21. The number of nitrogens with zero attached hydrogens (tertiary/aromatic N) is 2. The topological polar surface area (TPSA) is 43.8 Å². The van der Waals surface area contributed by atoms with E-state index in [1.165, 1.54) is 12.8 Å². The second kappa shape index (κ2) is 4.87. The van der Waals surface area contributed by atoms with E-state index in [4.69, 9.17) is 5.73 Å². The molecule has 86 valence electrons. The van der Waals surface area contributed by atoms with Crippen LogP contribution < -0.4 is 5.73 Å². The van der Waals surface area contributed by atoms with E-state index in [0.29, 0.717) is 5.95 Å². The Labute approximate surface area is 104 Å². The zero-order chi connectivity index (χ0) is 11.5. The lowest BCUT2D eigenvalue weighted by atomic mass is 10.2. The van der Waals surface area contributed by atoms with Gasteiger partial charge in [0.25, 0.3) is 0 Å². The van der Waals surface area contributed by atoms with Crippen LogP contribution in [0.25, 0.3) is 11.0 Å². The third kappa shape index (κ3) is 2.21. The van der Waals surface area contributed by atoms with E-state index < -0.39 is 0 Å². The minimum Gasteiger partial charge on any atom is -0.369 e. The van der Waals surface area contributed by atoms with E-state index in [1.54, 1.807) is 0 Å². The van der Waals surface area contributed by atoms with Crippen LogP contribution in [-0.2, 0) is 6.54 Å². The molecule has 0 unspecified atom stereocenters. The summed E-state index contributed by atoms with van der Waals surface area (Å²) in [5.41, 5.74) is 8.01. The molecule has 0 amide bonds. The van der Waals surface area contributed by atoms with Gasteiger partial charge in [-0.2, -0.15) is 0 Å². The van der Waals surface area contributed by atoms with Crippen LogP contribution in [0.3, 0.4) is 0 Å². The number of aryl methyl sites for hydroxylation is 1. The highest BCUT2D eigenvalue weighted by molar-refractivity contribution is 9.10. The molecular weight excluding hydrogens is 266 g/mol. The molecule has 2 aromatic rings. The largest absolute Gasteiger partial charge is 0.369 e. The molecule has 0 aliphatic rings. The molecule has 1 aromatic carbocycles. The van der Waals surface area contributed by atoms with Crippen LogP contribution >= 0.6 is 15.9 Å². The van der Waals surface area contributed by atoms with Crippen molar-refractivity contribution in [1.82, 2.24) is 9.55 Å². The molecule has 0 saturated heterocycles. The second-order valence-electron chi connectivity index (χ2n) is 3.96. The van der Waals surface area contributed by atoms with Gasteiger partial charge in [-0.15, -0.1) is 0 Å². The molecule has 0 aliphatic carbocycles. The van der Waals surface area contributed by atoms with Crippen molar-refractivity contribution in [1.29, 1.82) is 0 Å². The number of nitrogens with two attached hydrogens (primary N) is 1. The predicted octanol–water partition coefficient (Wildman–Crippen LogP) is 3.57. The molecule has 1 heterocycles. The highest BCUT2D eigenvalue weighted by atomic mass is 79.9. The quantitative estimate of drug-likeness (QED) is 0.871. The van der Waals surface area contributed by atoms with Crippen molar-refractivity contribution >= 4 is 32.9 Å². The van der Waals surface area contributed by atoms with Gasteiger partial charge < -0.3 is 10.3 Å². The standard InChI is InChI=1S/C12H16BrN3/c1-2-3-4-7-16-11-8-9(13)5-6-10(11)15-12(16)14/h5-6,8H,2-4,7H2,1H3,(H2,14,15). The van der Waals surface area contributed by atoms with Crippen molar-refractivity contribution in [3.8, 4) is 0 Å². The number of aromatic nitrogens is 2. The number of halogens is 1. The Morgan fingerprint density at radius 2 is 2.19 bits per heavy atom. The Bertz CT molecular complexity index is 490. The first-order chi connectivity index (χ1) is 7.72. The number of rotatable bonds is 4. The van der Waals surface area contributed by atoms with Crippen molar-refractivity contribution in [3.63, 3.8) is 0 Å². The zero-order valence-electron chi connectivity index (χ0n) is 9.41. The maximum absolute atomic E-state index is 5.92. The van der Waals surface area contributed by atoms with Crippen molar-refractivity contribution < 1.29 is 0 Å². The van der Waals surface area contributed by atoms with E-state index in [2.05, 4.69) is 38.5 Å². The van der Waals surface area contributed by atoms with E-state index >= 15 is 0 Å². The van der Waals surface area contributed by atoms with Gasteiger partial charge in [0.2, 0.25) is 5.95 Å². The Kier molecular flexibility index (Phi) is 3.49. The smallest absolute Gasteiger partial charge is 0.201 e. The molecule has 3 nitrogen and oxygen atoms in total. The van der Waals surface area contributed by atoms with E-state index in [9.17, 15) is 0 Å². The summed E-state index contributed by atoms with van der Waals surface area (Å²) in [6.07, 6.45) is 3.60. The first-order valence-electron chi connectivity index (χ1n) is 5.63. The van der Waals surface area contributed by atoms with Crippen LogP contribution in [0.4, 0.5) is 5.95 Å². The van der Waals surface area contributed by atoms with Gasteiger partial charge in [-0.25, -0.2) is 4.98 Å².